The Bertz CT molecular complexity index is 551. The Morgan fingerprint density at radius 3 is 2.81 bits per heavy atom. The SMILES string of the molecule is CCOc1cccc(S(=O)(=O)N2CCCCC2CN)c1.Cl. The van der Waals surface area contributed by atoms with Crippen molar-refractivity contribution in [1.82, 2.24) is 4.31 Å². The van der Waals surface area contributed by atoms with Crippen LogP contribution in [0.2, 0.25) is 0 Å². The molecule has 7 heteroatoms. The number of ether oxygens (including phenoxy) is 1. The van der Waals surface area contributed by atoms with Crippen LogP contribution in [-0.2, 0) is 10.0 Å². The Kier molecular flexibility index (Phi) is 6.93. The molecule has 1 aromatic rings. The summed E-state index contributed by atoms with van der Waals surface area (Å²) in [5.74, 6) is 0.579. The lowest BCUT2D eigenvalue weighted by Gasteiger charge is -2.33. The second-order valence-electron chi connectivity index (χ2n) is 4.91. The zero-order valence-electron chi connectivity index (χ0n) is 12.2. The molecule has 120 valence electrons. The molecule has 0 spiro atoms. The summed E-state index contributed by atoms with van der Waals surface area (Å²) in [5.41, 5.74) is 5.72. The third-order valence-electron chi connectivity index (χ3n) is 3.57. The highest BCUT2D eigenvalue weighted by atomic mass is 35.5. The van der Waals surface area contributed by atoms with E-state index in [2.05, 4.69) is 0 Å². The number of benzene rings is 1. The second-order valence-corrected chi connectivity index (χ2v) is 6.80. The molecule has 2 N–H and O–H groups in total. The van der Waals surface area contributed by atoms with Crippen molar-refractivity contribution in [3.8, 4) is 5.75 Å². The fraction of sp³-hybridized carbons (Fsp3) is 0.571. The first-order valence-electron chi connectivity index (χ1n) is 7.04. The zero-order valence-corrected chi connectivity index (χ0v) is 13.8. The van der Waals surface area contributed by atoms with Gasteiger partial charge < -0.3 is 10.5 Å². The molecule has 0 aliphatic carbocycles. The van der Waals surface area contributed by atoms with Gasteiger partial charge in [-0.2, -0.15) is 4.31 Å². The van der Waals surface area contributed by atoms with Crippen LogP contribution in [0.1, 0.15) is 26.2 Å². The van der Waals surface area contributed by atoms with Gasteiger partial charge in [0.05, 0.1) is 11.5 Å². The first-order valence-corrected chi connectivity index (χ1v) is 8.48. The van der Waals surface area contributed by atoms with Crippen LogP contribution >= 0.6 is 12.4 Å². The maximum Gasteiger partial charge on any atom is 0.243 e. The molecule has 1 aliphatic heterocycles. The normalized spacial score (nSPS) is 19.8. The van der Waals surface area contributed by atoms with Gasteiger partial charge in [-0.25, -0.2) is 8.42 Å². The molecule has 1 unspecified atom stereocenters. The van der Waals surface area contributed by atoms with Crippen molar-refractivity contribution in [3.63, 3.8) is 0 Å². The van der Waals surface area contributed by atoms with Crippen LogP contribution in [0.3, 0.4) is 0 Å². The van der Waals surface area contributed by atoms with E-state index in [4.69, 9.17) is 10.5 Å². The summed E-state index contributed by atoms with van der Waals surface area (Å²) in [7, 11) is -3.49. The Hall–Kier alpha value is -0.820. The standard InChI is InChI=1S/C14H22N2O3S.ClH/c1-2-19-13-7-5-8-14(10-13)20(17,18)16-9-4-3-6-12(16)11-15;/h5,7-8,10,12H,2-4,6,9,11,15H2,1H3;1H. The summed E-state index contributed by atoms with van der Waals surface area (Å²) in [6.45, 7) is 3.29. The van der Waals surface area contributed by atoms with Crippen LogP contribution in [0.15, 0.2) is 29.2 Å². The van der Waals surface area contributed by atoms with Gasteiger partial charge in [0, 0.05) is 25.2 Å². The van der Waals surface area contributed by atoms with Gasteiger partial charge in [-0.1, -0.05) is 12.5 Å². The van der Waals surface area contributed by atoms with Crippen LogP contribution in [0, 0.1) is 0 Å². The molecule has 0 radical (unpaired) electrons. The number of hydrogen-bond donors (Lipinski definition) is 1. The van der Waals surface area contributed by atoms with Crippen molar-refractivity contribution >= 4 is 22.4 Å². The highest BCUT2D eigenvalue weighted by Crippen LogP contribution is 2.26. The van der Waals surface area contributed by atoms with Crippen molar-refractivity contribution in [3.05, 3.63) is 24.3 Å². The first-order chi connectivity index (χ1) is 9.59. The number of halogens is 1. The molecule has 5 nitrogen and oxygen atoms in total. The van der Waals surface area contributed by atoms with Gasteiger partial charge in [-0.15, -0.1) is 12.4 Å². The molecule has 0 aromatic heterocycles. The van der Waals surface area contributed by atoms with Crippen molar-refractivity contribution in [1.29, 1.82) is 0 Å². The van der Waals surface area contributed by atoms with Crippen LogP contribution < -0.4 is 10.5 Å². The zero-order chi connectivity index (χ0) is 14.6. The Morgan fingerprint density at radius 2 is 2.14 bits per heavy atom. The van der Waals surface area contributed by atoms with Gasteiger partial charge in [0.1, 0.15) is 5.75 Å². The minimum absolute atomic E-state index is 0. The summed E-state index contributed by atoms with van der Waals surface area (Å²) in [5, 5.41) is 0. The fourth-order valence-corrected chi connectivity index (χ4v) is 4.29. The third-order valence-corrected chi connectivity index (χ3v) is 5.52. The van der Waals surface area contributed by atoms with E-state index in [0.717, 1.165) is 19.3 Å². The predicted molar refractivity (Wildman–Crippen MR) is 85.4 cm³/mol. The molecule has 1 aliphatic rings. The van der Waals surface area contributed by atoms with E-state index in [0.29, 0.717) is 25.4 Å². The molecular formula is C14H23ClN2O3S. The highest BCUT2D eigenvalue weighted by Gasteiger charge is 2.32. The topological polar surface area (TPSA) is 72.6 Å². The van der Waals surface area contributed by atoms with Crippen LogP contribution in [0.5, 0.6) is 5.75 Å². The van der Waals surface area contributed by atoms with Gasteiger partial charge >= 0.3 is 0 Å². The monoisotopic (exact) mass is 334 g/mol. The molecule has 1 atom stereocenters. The van der Waals surface area contributed by atoms with Gasteiger partial charge in [0.2, 0.25) is 10.0 Å². The lowest BCUT2D eigenvalue weighted by molar-refractivity contribution is 0.257. The molecule has 0 bridgehead atoms. The largest absolute Gasteiger partial charge is 0.494 e. The average Bonchev–Trinajstić information content (AvgIpc) is 2.48. The summed E-state index contributed by atoms with van der Waals surface area (Å²) in [6.07, 6.45) is 2.76. The number of nitrogens with two attached hydrogens (primary N) is 1. The van der Waals surface area contributed by atoms with Gasteiger partial charge in [-0.05, 0) is 31.9 Å². The van der Waals surface area contributed by atoms with Crippen LogP contribution in [-0.4, -0.2) is 38.5 Å². The number of piperidine rings is 1. The minimum atomic E-state index is -3.49. The molecular weight excluding hydrogens is 312 g/mol. The lowest BCUT2D eigenvalue weighted by atomic mass is 10.1. The highest BCUT2D eigenvalue weighted by molar-refractivity contribution is 7.89. The number of rotatable bonds is 5. The Morgan fingerprint density at radius 1 is 1.38 bits per heavy atom. The first kappa shape index (κ1) is 18.2. The fourth-order valence-electron chi connectivity index (χ4n) is 2.55. The smallest absolute Gasteiger partial charge is 0.243 e. The molecule has 1 fully saturated rings. The van der Waals surface area contributed by atoms with E-state index in [1.54, 1.807) is 28.6 Å². The summed E-state index contributed by atoms with van der Waals surface area (Å²) >= 11 is 0. The third kappa shape index (κ3) is 4.10. The summed E-state index contributed by atoms with van der Waals surface area (Å²) in [6, 6.07) is 6.57. The summed E-state index contributed by atoms with van der Waals surface area (Å²) < 4.78 is 32.4. The van der Waals surface area contributed by atoms with Gasteiger partial charge in [0.25, 0.3) is 0 Å². The van der Waals surface area contributed by atoms with Crippen molar-refractivity contribution in [2.45, 2.75) is 37.1 Å². The van der Waals surface area contributed by atoms with Crippen LogP contribution in [0.25, 0.3) is 0 Å². The maximum absolute atomic E-state index is 12.7. The van der Waals surface area contributed by atoms with E-state index in [1.165, 1.54) is 0 Å². The second kappa shape index (κ2) is 7.98. The molecule has 2 rings (SSSR count). The quantitative estimate of drug-likeness (QED) is 0.894. The molecule has 21 heavy (non-hydrogen) atoms. The molecule has 1 saturated heterocycles. The molecule has 0 saturated carbocycles. The van der Waals surface area contributed by atoms with E-state index in [-0.39, 0.29) is 23.3 Å². The Balaban J connectivity index is 0.00000220. The van der Waals surface area contributed by atoms with E-state index in [9.17, 15) is 8.42 Å². The number of nitrogens with zero attached hydrogens (tertiary/aromatic N) is 1. The average molecular weight is 335 g/mol. The Labute approximate surface area is 132 Å². The number of sulfonamides is 1. The van der Waals surface area contributed by atoms with Crippen molar-refractivity contribution in [2.24, 2.45) is 5.73 Å². The lowest BCUT2D eigenvalue weighted by Crippen LogP contribution is -2.47. The summed E-state index contributed by atoms with van der Waals surface area (Å²) in [4.78, 5) is 0.281. The molecule has 1 aromatic carbocycles. The van der Waals surface area contributed by atoms with Gasteiger partial charge in [-0.3, -0.25) is 0 Å². The van der Waals surface area contributed by atoms with Crippen molar-refractivity contribution in [2.75, 3.05) is 19.7 Å². The predicted octanol–water partition coefficient (Wildman–Crippen LogP) is 2.01. The minimum Gasteiger partial charge on any atom is -0.494 e. The van der Waals surface area contributed by atoms with Crippen molar-refractivity contribution < 1.29 is 13.2 Å². The van der Waals surface area contributed by atoms with Crippen LogP contribution in [0.4, 0.5) is 0 Å². The maximum atomic E-state index is 12.7. The number of hydrogen-bond acceptors (Lipinski definition) is 4. The van der Waals surface area contributed by atoms with E-state index in [1.807, 2.05) is 6.92 Å². The van der Waals surface area contributed by atoms with E-state index < -0.39 is 10.0 Å². The molecule has 0 amide bonds. The molecule has 1 heterocycles. The van der Waals surface area contributed by atoms with Gasteiger partial charge in [0.15, 0.2) is 0 Å². The van der Waals surface area contributed by atoms with E-state index >= 15 is 0 Å².